The number of carbonyl (C=O) groups excluding carboxylic acids is 4. The molecular formula is C71H138O17P2. The number of esters is 4. The molecule has 0 aliphatic carbocycles. The molecule has 0 heterocycles. The van der Waals surface area contributed by atoms with Crippen LogP contribution >= 0.6 is 15.6 Å². The van der Waals surface area contributed by atoms with Crippen LogP contribution in [-0.2, 0) is 65.4 Å². The van der Waals surface area contributed by atoms with Gasteiger partial charge in [-0.25, -0.2) is 9.13 Å². The van der Waals surface area contributed by atoms with Gasteiger partial charge in [-0.3, -0.25) is 37.3 Å². The molecule has 534 valence electrons. The van der Waals surface area contributed by atoms with Gasteiger partial charge in [0.05, 0.1) is 26.4 Å². The van der Waals surface area contributed by atoms with Gasteiger partial charge in [0.1, 0.15) is 19.3 Å². The van der Waals surface area contributed by atoms with E-state index in [4.69, 9.17) is 37.0 Å². The summed E-state index contributed by atoms with van der Waals surface area (Å²) in [5.41, 5.74) is 0. The highest BCUT2D eigenvalue weighted by molar-refractivity contribution is 7.47. The Morgan fingerprint density at radius 3 is 0.756 bits per heavy atom. The van der Waals surface area contributed by atoms with Gasteiger partial charge in [0, 0.05) is 25.7 Å². The monoisotopic (exact) mass is 1320 g/mol. The van der Waals surface area contributed by atoms with Crippen LogP contribution in [0.25, 0.3) is 0 Å². The van der Waals surface area contributed by atoms with Crippen LogP contribution < -0.4 is 0 Å². The highest BCUT2D eigenvalue weighted by atomic mass is 31.2. The maximum atomic E-state index is 13.0. The lowest BCUT2D eigenvalue weighted by Crippen LogP contribution is -2.30. The smallest absolute Gasteiger partial charge is 0.462 e. The maximum Gasteiger partial charge on any atom is 0.472 e. The zero-order chi connectivity index (χ0) is 66.3. The Kier molecular flexibility index (Phi) is 63.0. The number of phosphoric acid groups is 2. The number of hydrogen-bond acceptors (Lipinski definition) is 15. The van der Waals surface area contributed by atoms with E-state index in [0.29, 0.717) is 25.7 Å². The summed E-state index contributed by atoms with van der Waals surface area (Å²) >= 11 is 0. The fourth-order valence-corrected chi connectivity index (χ4v) is 12.4. The van der Waals surface area contributed by atoms with Crippen LogP contribution in [0.4, 0.5) is 0 Å². The SMILES string of the molecule is CCCCCCCCCCCCCC(=O)OC[C@H](COP(=O)(O)OC[C@@H](O)COP(=O)(O)OC[C@@H](COC(=O)CCCCCCCCCCC)OC(=O)CCCCCCCCCCCCC)OC(=O)CCCCCCCCCCCCCCCCCCC(C)C. The average Bonchev–Trinajstić information content (AvgIpc) is 3.64. The van der Waals surface area contributed by atoms with Crippen LogP contribution in [0.1, 0.15) is 369 Å². The predicted molar refractivity (Wildman–Crippen MR) is 363 cm³/mol. The summed E-state index contributed by atoms with van der Waals surface area (Å²) < 4.78 is 68.3. The normalized spacial score (nSPS) is 14.1. The van der Waals surface area contributed by atoms with Gasteiger partial charge in [-0.2, -0.15) is 0 Å². The summed E-state index contributed by atoms with van der Waals surface area (Å²) in [6.45, 7) is 7.26. The lowest BCUT2D eigenvalue weighted by molar-refractivity contribution is -0.161. The van der Waals surface area contributed by atoms with E-state index < -0.39 is 97.5 Å². The van der Waals surface area contributed by atoms with Gasteiger partial charge < -0.3 is 33.8 Å². The molecule has 5 atom stereocenters. The van der Waals surface area contributed by atoms with E-state index >= 15 is 0 Å². The number of carbonyl (C=O) groups is 4. The molecule has 0 aromatic rings. The van der Waals surface area contributed by atoms with E-state index in [2.05, 4.69) is 34.6 Å². The lowest BCUT2D eigenvalue weighted by atomic mass is 10.0. The second-order valence-corrected chi connectivity index (χ2v) is 29.0. The molecule has 90 heavy (non-hydrogen) atoms. The Morgan fingerprint density at radius 1 is 0.300 bits per heavy atom. The first kappa shape index (κ1) is 88.1. The minimum atomic E-state index is -4.95. The van der Waals surface area contributed by atoms with Crippen LogP contribution in [0.2, 0.25) is 0 Å². The molecule has 0 saturated carbocycles. The van der Waals surface area contributed by atoms with Crippen molar-refractivity contribution >= 4 is 39.5 Å². The molecule has 0 saturated heterocycles. The molecule has 0 amide bonds. The number of unbranched alkanes of at least 4 members (excludes halogenated alkanes) is 43. The highest BCUT2D eigenvalue weighted by Crippen LogP contribution is 2.45. The molecule has 0 bridgehead atoms. The highest BCUT2D eigenvalue weighted by Gasteiger charge is 2.30. The zero-order valence-corrected chi connectivity index (χ0v) is 60.1. The summed E-state index contributed by atoms with van der Waals surface area (Å²) in [6, 6.07) is 0. The van der Waals surface area contributed by atoms with E-state index in [-0.39, 0.29) is 25.7 Å². The van der Waals surface area contributed by atoms with Crippen LogP contribution in [0, 0.1) is 5.92 Å². The number of aliphatic hydroxyl groups excluding tert-OH is 1. The van der Waals surface area contributed by atoms with Crippen molar-refractivity contribution in [3.63, 3.8) is 0 Å². The Balaban J connectivity index is 5.19. The molecule has 3 N–H and O–H groups in total. The van der Waals surface area contributed by atoms with Crippen LogP contribution in [0.15, 0.2) is 0 Å². The fourth-order valence-electron chi connectivity index (χ4n) is 10.8. The summed E-state index contributed by atoms with van der Waals surface area (Å²) in [6.07, 6.45) is 51.3. The number of phosphoric ester groups is 2. The van der Waals surface area contributed by atoms with Crippen LogP contribution in [0.3, 0.4) is 0 Å². The summed E-state index contributed by atoms with van der Waals surface area (Å²) in [5, 5.41) is 10.6. The molecule has 0 aliphatic heterocycles. The Labute approximate surface area is 549 Å². The first-order chi connectivity index (χ1) is 43.5. The lowest BCUT2D eigenvalue weighted by Gasteiger charge is -2.21. The van der Waals surface area contributed by atoms with Crippen molar-refractivity contribution in [2.45, 2.75) is 387 Å². The van der Waals surface area contributed by atoms with Gasteiger partial charge in [0.2, 0.25) is 0 Å². The Morgan fingerprint density at radius 2 is 0.511 bits per heavy atom. The van der Waals surface area contributed by atoms with E-state index in [1.807, 2.05) is 0 Å². The molecule has 0 fully saturated rings. The van der Waals surface area contributed by atoms with Crippen LogP contribution in [0.5, 0.6) is 0 Å². The van der Waals surface area contributed by atoms with E-state index in [0.717, 1.165) is 95.8 Å². The molecule has 2 unspecified atom stereocenters. The van der Waals surface area contributed by atoms with Crippen molar-refractivity contribution in [3.05, 3.63) is 0 Å². The molecule has 0 rings (SSSR count). The van der Waals surface area contributed by atoms with Gasteiger partial charge in [-0.15, -0.1) is 0 Å². The third kappa shape index (κ3) is 64.8. The van der Waals surface area contributed by atoms with Crippen molar-refractivity contribution in [1.82, 2.24) is 0 Å². The molecule has 0 aliphatic rings. The van der Waals surface area contributed by atoms with Gasteiger partial charge in [0.25, 0.3) is 0 Å². The molecule has 0 aromatic heterocycles. The summed E-state index contributed by atoms with van der Waals surface area (Å²) in [7, 11) is -9.90. The van der Waals surface area contributed by atoms with Gasteiger partial charge in [0.15, 0.2) is 12.2 Å². The molecule has 19 heteroatoms. The maximum absolute atomic E-state index is 13.0. The van der Waals surface area contributed by atoms with Crippen molar-refractivity contribution < 1.29 is 80.2 Å². The van der Waals surface area contributed by atoms with Crippen molar-refractivity contribution in [3.8, 4) is 0 Å². The number of hydrogen-bond donors (Lipinski definition) is 3. The summed E-state index contributed by atoms with van der Waals surface area (Å²) in [5.74, 6) is -1.31. The van der Waals surface area contributed by atoms with E-state index in [9.17, 15) is 43.2 Å². The summed E-state index contributed by atoms with van der Waals surface area (Å²) in [4.78, 5) is 72.5. The third-order valence-corrected chi connectivity index (χ3v) is 18.4. The predicted octanol–water partition coefficient (Wildman–Crippen LogP) is 20.5. The Bertz CT molecular complexity index is 1740. The Hall–Kier alpha value is -1.94. The van der Waals surface area contributed by atoms with Crippen molar-refractivity contribution in [2.24, 2.45) is 5.92 Å². The standard InChI is InChI=1S/C71H138O17P2/c1-6-9-12-15-18-21-29-35-40-45-50-55-69(74)82-61-67(88-71(76)57-52-47-42-37-32-28-26-24-23-25-27-31-34-38-43-48-53-64(4)5)63-86-90(79,80)84-59-65(72)58-83-89(77,78)85-62-66(60-81-68(73)54-49-44-39-33-20-17-14-11-8-3)87-70(75)56-51-46-41-36-30-22-19-16-13-10-7-2/h64-67,72H,6-63H2,1-5H3,(H,77,78)(H,79,80)/t65-,66+,67+/m0/s1. The first-order valence-electron chi connectivity index (χ1n) is 37.1. The van der Waals surface area contributed by atoms with Crippen molar-refractivity contribution in [2.75, 3.05) is 39.6 Å². The van der Waals surface area contributed by atoms with Crippen LogP contribution in [-0.4, -0.2) is 96.7 Å². The van der Waals surface area contributed by atoms with E-state index in [1.165, 1.54) is 193 Å². The minimum absolute atomic E-state index is 0.107. The second-order valence-electron chi connectivity index (χ2n) is 26.1. The molecular weight excluding hydrogens is 1190 g/mol. The third-order valence-electron chi connectivity index (χ3n) is 16.5. The molecule has 0 spiro atoms. The van der Waals surface area contributed by atoms with Gasteiger partial charge >= 0.3 is 39.5 Å². The molecule has 17 nitrogen and oxygen atoms in total. The number of ether oxygens (including phenoxy) is 4. The first-order valence-corrected chi connectivity index (χ1v) is 40.1. The van der Waals surface area contributed by atoms with Gasteiger partial charge in [-0.1, -0.05) is 317 Å². The topological polar surface area (TPSA) is 237 Å². The number of rotatable bonds is 71. The minimum Gasteiger partial charge on any atom is -0.462 e. The molecule has 0 aromatic carbocycles. The largest absolute Gasteiger partial charge is 0.472 e. The zero-order valence-electron chi connectivity index (χ0n) is 58.3. The number of aliphatic hydroxyl groups is 1. The average molecular weight is 1330 g/mol. The van der Waals surface area contributed by atoms with Crippen molar-refractivity contribution in [1.29, 1.82) is 0 Å². The fraction of sp³-hybridized carbons (Fsp3) is 0.944. The quantitative estimate of drug-likeness (QED) is 0.0222. The van der Waals surface area contributed by atoms with Gasteiger partial charge in [-0.05, 0) is 31.6 Å². The molecule has 0 radical (unpaired) electrons. The second kappa shape index (κ2) is 64.4. The van der Waals surface area contributed by atoms with E-state index in [1.54, 1.807) is 0 Å².